The van der Waals surface area contributed by atoms with Gasteiger partial charge in [-0.2, -0.15) is 16.6 Å². The predicted octanol–water partition coefficient (Wildman–Crippen LogP) is 4.15. The first-order valence-corrected chi connectivity index (χ1v) is 9.41. The van der Waals surface area contributed by atoms with E-state index < -0.39 is 0 Å². The van der Waals surface area contributed by atoms with Gasteiger partial charge in [0.05, 0.1) is 11.1 Å². The Kier molecular flexibility index (Phi) is 4.90. The molecule has 0 unspecified atom stereocenters. The van der Waals surface area contributed by atoms with Crippen LogP contribution >= 0.6 is 11.3 Å². The summed E-state index contributed by atoms with van der Waals surface area (Å²) < 4.78 is 0. The summed E-state index contributed by atoms with van der Waals surface area (Å²) in [6.07, 6.45) is 1.56. The third kappa shape index (κ3) is 3.86. The van der Waals surface area contributed by atoms with Crippen molar-refractivity contribution in [1.29, 1.82) is 5.26 Å². The third-order valence-electron chi connectivity index (χ3n) is 4.00. The number of aromatic nitrogens is 3. The Morgan fingerprint density at radius 3 is 2.67 bits per heavy atom. The van der Waals surface area contributed by atoms with E-state index in [-0.39, 0.29) is 0 Å². The maximum atomic E-state index is 8.81. The van der Waals surface area contributed by atoms with E-state index in [0.29, 0.717) is 18.7 Å². The van der Waals surface area contributed by atoms with Crippen LogP contribution in [-0.4, -0.2) is 28.0 Å². The van der Waals surface area contributed by atoms with E-state index in [1.54, 1.807) is 29.7 Å². The van der Waals surface area contributed by atoms with Crippen molar-refractivity contribution in [2.45, 2.75) is 0 Å². The lowest BCUT2D eigenvalue weighted by molar-refractivity contribution is 1.04. The molecule has 0 amide bonds. The summed E-state index contributed by atoms with van der Waals surface area (Å²) in [6, 6.07) is 15.6. The number of pyridine rings is 1. The second-order valence-corrected chi connectivity index (χ2v) is 6.60. The molecular weight excluding hydrogens is 356 g/mol. The molecule has 0 bridgehead atoms. The molecule has 0 saturated heterocycles. The Morgan fingerprint density at radius 1 is 1.00 bits per heavy atom. The molecule has 0 aliphatic carbocycles. The number of nitriles is 1. The fourth-order valence-corrected chi connectivity index (χ4v) is 3.30. The van der Waals surface area contributed by atoms with Gasteiger partial charge >= 0.3 is 0 Å². The molecular formula is C20H16N6S. The number of anilines is 2. The third-order valence-corrected chi connectivity index (χ3v) is 4.68. The molecule has 3 aromatic heterocycles. The van der Waals surface area contributed by atoms with Gasteiger partial charge in [-0.15, -0.1) is 0 Å². The van der Waals surface area contributed by atoms with Gasteiger partial charge in [0.25, 0.3) is 0 Å². The highest BCUT2D eigenvalue weighted by molar-refractivity contribution is 7.08. The standard InChI is InChI=1S/C20H16N6S/c21-11-14-5-6-18(24-12-14)22-8-9-23-20-16-3-1-2-4-17(16)25-19(26-20)15-7-10-27-13-15/h1-7,10,12-13H,8-9H2,(H,22,24)(H,23,25,26). The summed E-state index contributed by atoms with van der Waals surface area (Å²) in [5.41, 5.74) is 2.48. The molecule has 132 valence electrons. The van der Waals surface area contributed by atoms with E-state index in [1.807, 2.05) is 41.1 Å². The van der Waals surface area contributed by atoms with Crippen molar-refractivity contribution in [2.75, 3.05) is 23.7 Å². The van der Waals surface area contributed by atoms with E-state index in [9.17, 15) is 0 Å². The highest BCUT2D eigenvalue weighted by Gasteiger charge is 2.09. The van der Waals surface area contributed by atoms with Gasteiger partial charge in [0.2, 0.25) is 0 Å². The maximum absolute atomic E-state index is 8.81. The number of nitrogens with zero attached hydrogens (tertiary/aromatic N) is 4. The van der Waals surface area contributed by atoms with Gasteiger partial charge in [-0.05, 0) is 35.7 Å². The lowest BCUT2D eigenvalue weighted by atomic mass is 10.2. The van der Waals surface area contributed by atoms with E-state index in [0.717, 1.165) is 33.9 Å². The molecule has 6 nitrogen and oxygen atoms in total. The zero-order valence-electron chi connectivity index (χ0n) is 14.4. The first-order valence-electron chi connectivity index (χ1n) is 8.47. The van der Waals surface area contributed by atoms with Crippen LogP contribution in [0.1, 0.15) is 5.56 Å². The van der Waals surface area contributed by atoms with Crippen LogP contribution in [0.15, 0.2) is 59.4 Å². The minimum Gasteiger partial charge on any atom is -0.368 e. The Morgan fingerprint density at radius 2 is 1.89 bits per heavy atom. The van der Waals surface area contributed by atoms with Gasteiger partial charge in [-0.25, -0.2) is 15.0 Å². The zero-order chi connectivity index (χ0) is 18.5. The van der Waals surface area contributed by atoms with Crippen LogP contribution < -0.4 is 10.6 Å². The summed E-state index contributed by atoms with van der Waals surface area (Å²) in [5.74, 6) is 2.28. The first kappa shape index (κ1) is 16.9. The number of benzene rings is 1. The van der Waals surface area contributed by atoms with Crippen molar-refractivity contribution in [2.24, 2.45) is 0 Å². The van der Waals surface area contributed by atoms with Crippen molar-refractivity contribution < 1.29 is 0 Å². The number of thiophene rings is 1. The van der Waals surface area contributed by atoms with E-state index in [4.69, 9.17) is 10.2 Å². The van der Waals surface area contributed by atoms with Gasteiger partial charge in [-0.3, -0.25) is 0 Å². The molecule has 27 heavy (non-hydrogen) atoms. The lowest BCUT2D eigenvalue weighted by Gasteiger charge is -2.11. The highest BCUT2D eigenvalue weighted by atomic mass is 32.1. The molecule has 4 rings (SSSR count). The van der Waals surface area contributed by atoms with Crippen LogP contribution in [0, 0.1) is 11.3 Å². The molecule has 0 aliphatic heterocycles. The van der Waals surface area contributed by atoms with Crippen LogP contribution in [-0.2, 0) is 0 Å². The molecule has 3 heterocycles. The summed E-state index contributed by atoms with van der Waals surface area (Å²) in [7, 11) is 0. The number of para-hydroxylation sites is 1. The Bertz CT molecular complexity index is 1080. The topological polar surface area (TPSA) is 86.5 Å². The minimum absolute atomic E-state index is 0.548. The van der Waals surface area contributed by atoms with E-state index in [1.165, 1.54) is 0 Å². The molecule has 0 saturated carbocycles. The summed E-state index contributed by atoms with van der Waals surface area (Å²) in [5, 5.41) is 20.5. The Labute approximate surface area is 160 Å². The second-order valence-electron chi connectivity index (χ2n) is 5.82. The maximum Gasteiger partial charge on any atom is 0.162 e. The monoisotopic (exact) mass is 372 g/mol. The number of hydrogen-bond acceptors (Lipinski definition) is 7. The van der Waals surface area contributed by atoms with Crippen LogP contribution in [0.25, 0.3) is 22.3 Å². The lowest BCUT2D eigenvalue weighted by Crippen LogP contribution is -2.15. The van der Waals surface area contributed by atoms with Crippen molar-refractivity contribution in [3.63, 3.8) is 0 Å². The number of fused-ring (bicyclic) bond motifs is 1. The molecule has 0 atom stereocenters. The van der Waals surface area contributed by atoms with Crippen LogP contribution in [0.4, 0.5) is 11.6 Å². The molecule has 4 aromatic rings. The SMILES string of the molecule is N#Cc1ccc(NCCNc2nc(-c3ccsc3)nc3ccccc23)nc1. The largest absolute Gasteiger partial charge is 0.368 e. The Balaban J connectivity index is 1.48. The molecule has 0 aliphatic rings. The molecule has 0 spiro atoms. The molecule has 2 N–H and O–H groups in total. The van der Waals surface area contributed by atoms with Gasteiger partial charge in [-0.1, -0.05) is 12.1 Å². The summed E-state index contributed by atoms with van der Waals surface area (Å²) in [4.78, 5) is 13.6. The van der Waals surface area contributed by atoms with Crippen LogP contribution in [0.3, 0.4) is 0 Å². The number of rotatable bonds is 6. The molecule has 1 aromatic carbocycles. The zero-order valence-corrected chi connectivity index (χ0v) is 15.2. The van der Waals surface area contributed by atoms with E-state index in [2.05, 4.69) is 26.7 Å². The van der Waals surface area contributed by atoms with Gasteiger partial charge in [0.1, 0.15) is 17.7 Å². The van der Waals surface area contributed by atoms with Crippen molar-refractivity contribution in [1.82, 2.24) is 15.0 Å². The molecule has 0 fully saturated rings. The molecule has 7 heteroatoms. The van der Waals surface area contributed by atoms with Crippen LogP contribution in [0.5, 0.6) is 0 Å². The average Bonchev–Trinajstić information content (AvgIpc) is 3.26. The normalized spacial score (nSPS) is 10.5. The van der Waals surface area contributed by atoms with E-state index >= 15 is 0 Å². The van der Waals surface area contributed by atoms with Crippen molar-refractivity contribution >= 4 is 33.9 Å². The summed E-state index contributed by atoms with van der Waals surface area (Å²) in [6.45, 7) is 1.34. The predicted molar refractivity (Wildman–Crippen MR) is 109 cm³/mol. The summed E-state index contributed by atoms with van der Waals surface area (Å²) >= 11 is 1.63. The Hall–Kier alpha value is -3.50. The van der Waals surface area contributed by atoms with Crippen LogP contribution in [0.2, 0.25) is 0 Å². The second kappa shape index (κ2) is 7.81. The number of hydrogen-bond donors (Lipinski definition) is 2. The van der Waals surface area contributed by atoms with Gasteiger partial charge in [0.15, 0.2) is 5.82 Å². The minimum atomic E-state index is 0.548. The van der Waals surface area contributed by atoms with Gasteiger partial charge < -0.3 is 10.6 Å². The highest BCUT2D eigenvalue weighted by Crippen LogP contribution is 2.25. The molecule has 0 radical (unpaired) electrons. The smallest absolute Gasteiger partial charge is 0.162 e. The quantitative estimate of drug-likeness (QED) is 0.495. The average molecular weight is 372 g/mol. The van der Waals surface area contributed by atoms with Crippen molar-refractivity contribution in [3.05, 3.63) is 65.0 Å². The number of nitrogens with one attached hydrogen (secondary N) is 2. The fourth-order valence-electron chi connectivity index (χ4n) is 2.67. The first-order chi connectivity index (χ1) is 13.3. The van der Waals surface area contributed by atoms with Crippen molar-refractivity contribution in [3.8, 4) is 17.5 Å². The van der Waals surface area contributed by atoms with Gasteiger partial charge in [0, 0.05) is 35.6 Å². The fraction of sp³-hybridized carbons (Fsp3) is 0.100.